The zero-order valence-corrected chi connectivity index (χ0v) is 12.4. The van der Waals surface area contributed by atoms with Crippen molar-refractivity contribution in [3.63, 3.8) is 0 Å². The lowest BCUT2D eigenvalue weighted by molar-refractivity contribution is 0.118. The summed E-state index contributed by atoms with van der Waals surface area (Å²) in [6, 6.07) is 4.90. The summed E-state index contributed by atoms with van der Waals surface area (Å²) in [6.07, 6.45) is 3.21. The van der Waals surface area contributed by atoms with Crippen molar-refractivity contribution in [1.29, 1.82) is 0 Å². The van der Waals surface area contributed by atoms with E-state index in [4.69, 9.17) is 4.74 Å². The normalized spacial score (nSPS) is 24.4. The lowest BCUT2D eigenvalue weighted by atomic mass is 10.1. The van der Waals surface area contributed by atoms with E-state index < -0.39 is 0 Å². The van der Waals surface area contributed by atoms with Gasteiger partial charge in [0.1, 0.15) is 5.82 Å². The molecule has 1 N–H and O–H groups in total. The molecule has 0 aromatic carbocycles. The average Bonchev–Trinajstić information content (AvgIpc) is 2.84. The molecule has 4 nitrogen and oxygen atoms in total. The number of aromatic nitrogens is 1. The highest BCUT2D eigenvalue weighted by molar-refractivity contribution is 5.49. The molecule has 0 amide bonds. The van der Waals surface area contributed by atoms with Crippen LogP contribution in [0.1, 0.15) is 38.8 Å². The van der Waals surface area contributed by atoms with Crippen molar-refractivity contribution >= 4 is 5.82 Å². The molecule has 1 saturated heterocycles. The smallest absolute Gasteiger partial charge is 0.133 e. The number of rotatable bonds is 5. The van der Waals surface area contributed by atoms with Crippen LogP contribution in [-0.2, 0) is 4.74 Å². The first-order valence-electron chi connectivity index (χ1n) is 7.17. The second kappa shape index (κ2) is 6.35. The number of pyridine rings is 1. The summed E-state index contributed by atoms with van der Waals surface area (Å²) in [7, 11) is 2.13. The van der Waals surface area contributed by atoms with Gasteiger partial charge >= 0.3 is 0 Å². The Kier molecular flexibility index (Phi) is 4.77. The number of likely N-dealkylation sites (N-methyl/N-ethyl adjacent to an activating group) is 1. The van der Waals surface area contributed by atoms with Crippen LogP contribution >= 0.6 is 0 Å². The third kappa shape index (κ3) is 3.07. The number of hydrogen-bond acceptors (Lipinski definition) is 4. The first kappa shape index (κ1) is 14.3. The van der Waals surface area contributed by atoms with Gasteiger partial charge < -0.3 is 15.0 Å². The van der Waals surface area contributed by atoms with Crippen LogP contribution in [0.5, 0.6) is 0 Å². The first-order valence-corrected chi connectivity index (χ1v) is 7.17. The molecule has 1 aromatic heterocycles. The topological polar surface area (TPSA) is 37.4 Å². The summed E-state index contributed by atoms with van der Waals surface area (Å²) in [5.74, 6) is 1.07. The minimum absolute atomic E-state index is 0.272. The van der Waals surface area contributed by atoms with Crippen LogP contribution in [0.15, 0.2) is 18.3 Å². The Labute approximate surface area is 116 Å². The summed E-state index contributed by atoms with van der Waals surface area (Å²) in [6.45, 7) is 8.27. The van der Waals surface area contributed by atoms with E-state index in [2.05, 4.69) is 49.1 Å². The van der Waals surface area contributed by atoms with E-state index >= 15 is 0 Å². The molecule has 1 aromatic rings. The van der Waals surface area contributed by atoms with Gasteiger partial charge in [-0.2, -0.15) is 0 Å². The van der Waals surface area contributed by atoms with Gasteiger partial charge in [0, 0.05) is 31.5 Å². The van der Waals surface area contributed by atoms with Crippen molar-refractivity contribution in [2.45, 2.75) is 45.4 Å². The summed E-state index contributed by atoms with van der Waals surface area (Å²) >= 11 is 0. The zero-order chi connectivity index (χ0) is 13.8. The maximum atomic E-state index is 5.67. The molecule has 1 aliphatic rings. The van der Waals surface area contributed by atoms with Gasteiger partial charge in [0.25, 0.3) is 0 Å². The third-order valence-corrected chi connectivity index (χ3v) is 3.96. The van der Waals surface area contributed by atoms with Gasteiger partial charge in [0.15, 0.2) is 0 Å². The molecular formula is C15H25N3O. The van der Waals surface area contributed by atoms with Gasteiger partial charge in [-0.25, -0.2) is 4.98 Å². The van der Waals surface area contributed by atoms with Crippen LogP contribution < -0.4 is 10.2 Å². The largest absolute Gasteiger partial charge is 0.376 e. The summed E-state index contributed by atoms with van der Waals surface area (Å²) < 4.78 is 5.67. The Bertz CT molecular complexity index is 410. The molecule has 0 spiro atoms. The second-order valence-electron chi connectivity index (χ2n) is 5.24. The number of hydrogen-bond donors (Lipinski definition) is 1. The van der Waals surface area contributed by atoms with E-state index in [9.17, 15) is 0 Å². The number of anilines is 1. The first-order chi connectivity index (χ1) is 9.15. The lowest BCUT2D eigenvalue weighted by Crippen LogP contribution is -2.38. The molecule has 0 aliphatic carbocycles. The number of ether oxygens (including phenoxy) is 1. The third-order valence-electron chi connectivity index (χ3n) is 3.96. The molecule has 2 heterocycles. The van der Waals surface area contributed by atoms with E-state index in [0.717, 1.165) is 25.4 Å². The van der Waals surface area contributed by atoms with Crippen molar-refractivity contribution in [2.24, 2.45) is 0 Å². The van der Waals surface area contributed by atoms with Crippen molar-refractivity contribution in [1.82, 2.24) is 10.3 Å². The fourth-order valence-corrected chi connectivity index (χ4v) is 2.84. The predicted octanol–water partition coefficient (Wildman–Crippen LogP) is 2.37. The van der Waals surface area contributed by atoms with E-state index in [1.165, 1.54) is 5.56 Å². The van der Waals surface area contributed by atoms with Crippen molar-refractivity contribution < 1.29 is 4.74 Å². The molecule has 0 saturated carbocycles. The maximum absolute atomic E-state index is 5.67. The fraction of sp³-hybridized carbons (Fsp3) is 0.667. The average molecular weight is 263 g/mol. The Hall–Kier alpha value is -1.13. The van der Waals surface area contributed by atoms with Gasteiger partial charge in [-0.05, 0) is 32.9 Å². The molecule has 1 fully saturated rings. The minimum Gasteiger partial charge on any atom is -0.376 e. The molecule has 106 valence electrons. The fourth-order valence-electron chi connectivity index (χ4n) is 2.84. The number of nitrogens with zero attached hydrogens (tertiary/aromatic N) is 2. The van der Waals surface area contributed by atoms with Crippen LogP contribution in [0.25, 0.3) is 0 Å². The van der Waals surface area contributed by atoms with Crippen LogP contribution in [0.4, 0.5) is 5.82 Å². The Balaban J connectivity index is 2.23. The summed E-state index contributed by atoms with van der Waals surface area (Å²) in [4.78, 5) is 6.87. The molecule has 3 atom stereocenters. The van der Waals surface area contributed by atoms with E-state index in [0.29, 0.717) is 12.1 Å². The van der Waals surface area contributed by atoms with Crippen molar-refractivity contribution in [3.8, 4) is 0 Å². The molecule has 2 rings (SSSR count). The van der Waals surface area contributed by atoms with E-state index in [1.807, 2.05) is 12.3 Å². The predicted molar refractivity (Wildman–Crippen MR) is 78.6 cm³/mol. The second-order valence-corrected chi connectivity index (χ2v) is 5.24. The van der Waals surface area contributed by atoms with Crippen molar-refractivity contribution in [3.05, 3.63) is 23.9 Å². The molecule has 19 heavy (non-hydrogen) atoms. The highest BCUT2D eigenvalue weighted by Gasteiger charge is 2.30. The van der Waals surface area contributed by atoms with Gasteiger partial charge in [0.2, 0.25) is 0 Å². The van der Waals surface area contributed by atoms with Crippen LogP contribution in [0, 0.1) is 0 Å². The quantitative estimate of drug-likeness (QED) is 0.885. The zero-order valence-electron chi connectivity index (χ0n) is 12.4. The van der Waals surface area contributed by atoms with Gasteiger partial charge in [-0.15, -0.1) is 0 Å². The molecule has 0 radical (unpaired) electrons. The lowest BCUT2D eigenvalue weighted by Gasteiger charge is -2.30. The standard InChI is InChI=1S/C15H25N3O/c1-5-16-11(2)13-7-6-9-17-15(13)18(4)14-8-10-19-12(14)3/h6-7,9,11-12,14,16H,5,8,10H2,1-4H3. The highest BCUT2D eigenvalue weighted by atomic mass is 16.5. The Morgan fingerprint density at radius 1 is 1.58 bits per heavy atom. The van der Waals surface area contributed by atoms with Crippen LogP contribution in [0.3, 0.4) is 0 Å². The molecule has 4 heteroatoms. The molecule has 1 aliphatic heterocycles. The summed E-state index contributed by atoms with van der Waals surface area (Å²) in [5, 5.41) is 3.46. The monoisotopic (exact) mass is 263 g/mol. The molecular weight excluding hydrogens is 238 g/mol. The molecule has 3 unspecified atom stereocenters. The highest BCUT2D eigenvalue weighted by Crippen LogP contribution is 2.28. The van der Waals surface area contributed by atoms with Gasteiger partial charge in [-0.3, -0.25) is 0 Å². The van der Waals surface area contributed by atoms with E-state index in [-0.39, 0.29) is 6.10 Å². The Morgan fingerprint density at radius 2 is 2.37 bits per heavy atom. The van der Waals surface area contributed by atoms with Crippen LogP contribution in [-0.4, -0.2) is 37.3 Å². The van der Waals surface area contributed by atoms with Crippen molar-refractivity contribution in [2.75, 3.05) is 25.1 Å². The minimum atomic E-state index is 0.272. The van der Waals surface area contributed by atoms with Crippen LogP contribution in [0.2, 0.25) is 0 Å². The summed E-state index contributed by atoms with van der Waals surface area (Å²) in [5.41, 5.74) is 1.26. The SMILES string of the molecule is CCNC(C)c1cccnc1N(C)C1CCOC1C. The maximum Gasteiger partial charge on any atom is 0.133 e. The Morgan fingerprint density at radius 3 is 3.00 bits per heavy atom. The molecule has 0 bridgehead atoms. The number of nitrogens with one attached hydrogen (secondary N) is 1. The van der Waals surface area contributed by atoms with Gasteiger partial charge in [-0.1, -0.05) is 13.0 Å². The van der Waals surface area contributed by atoms with E-state index in [1.54, 1.807) is 0 Å². The van der Waals surface area contributed by atoms with Gasteiger partial charge in [0.05, 0.1) is 12.1 Å².